The highest BCUT2D eigenvalue weighted by atomic mass is 16.2. The summed E-state index contributed by atoms with van der Waals surface area (Å²) in [6, 6.07) is 3.32. The molecule has 0 saturated carbocycles. The summed E-state index contributed by atoms with van der Waals surface area (Å²) in [5, 5.41) is 0. The van der Waals surface area contributed by atoms with Crippen molar-refractivity contribution in [3.63, 3.8) is 0 Å². The number of carbonyl (C=O) groups is 1. The van der Waals surface area contributed by atoms with Gasteiger partial charge in [0.1, 0.15) is 0 Å². The molecule has 0 fully saturated rings. The molecule has 0 unspecified atom stereocenters. The highest BCUT2D eigenvalue weighted by molar-refractivity contribution is 5.93. The van der Waals surface area contributed by atoms with Gasteiger partial charge in [0.15, 0.2) is 0 Å². The van der Waals surface area contributed by atoms with Gasteiger partial charge in [-0.15, -0.1) is 0 Å². The molecule has 4 nitrogen and oxygen atoms in total. The highest BCUT2D eigenvalue weighted by Gasteiger charge is 2.26. The van der Waals surface area contributed by atoms with Crippen LogP contribution in [0.2, 0.25) is 0 Å². The van der Waals surface area contributed by atoms with Gasteiger partial charge in [-0.05, 0) is 55.4 Å². The Kier molecular flexibility index (Phi) is 5.37. The summed E-state index contributed by atoms with van der Waals surface area (Å²) in [5.41, 5.74) is 9.67. The molecule has 4 heteroatoms. The first-order valence-electron chi connectivity index (χ1n) is 7.94. The molecule has 2 rings (SSSR count). The van der Waals surface area contributed by atoms with Crippen molar-refractivity contribution in [2.24, 2.45) is 5.41 Å². The third-order valence-electron chi connectivity index (χ3n) is 4.27. The van der Waals surface area contributed by atoms with Crippen LogP contribution >= 0.6 is 0 Å². The van der Waals surface area contributed by atoms with Crippen molar-refractivity contribution in [3.8, 4) is 0 Å². The van der Waals surface area contributed by atoms with Gasteiger partial charge in [0.05, 0.1) is 0 Å². The van der Waals surface area contributed by atoms with Crippen LogP contribution in [0.15, 0.2) is 60.1 Å². The van der Waals surface area contributed by atoms with Crippen LogP contribution in [-0.2, 0) is 0 Å². The van der Waals surface area contributed by atoms with Gasteiger partial charge in [-0.25, -0.2) is 0 Å². The zero-order chi connectivity index (χ0) is 16.9. The van der Waals surface area contributed by atoms with Crippen LogP contribution < -0.4 is 10.9 Å². The standard InChI is InChI=1S/C19H25N3O/c1-14-6-5-11-19(3,4)17(14)8-7-15(2)21-22-18(23)16-9-12-20-13-10-16/h7-10,12-13,21H,2,5-6,11H2,1,3-4H3,(H,22,23). The first-order chi connectivity index (χ1) is 10.9. The molecular weight excluding hydrogens is 286 g/mol. The predicted octanol–water partition coefficient (Wildman–Crippen LogP) is 3.91. The summed E-state index contributed by atoms with van der Waals surface area (Å²) >= 11 is 0. The van der Waals surface area contributed by atoms with Gasteiger partial charge in [0.25, 0.3) is 5.91 Å². The fourth-order valence-electron chi connectivity index (χ4n) is 2.95. The van der Waals surface area contributed by atoms with Crippen LogP contribution in [0.3, 0.4) is 0 Å². The SMILES string of the molecule is C=C(C=CC1=C(C)CCCC1(C)C)NNC(=O)c1ccncc1. The van der Waals surface area contributed by atoms with E-state index in [1.807, 2.05) is 6.08 Å². The minimum Gasteiger partial charge on any atom is -0.299 e. The van der Waals surface area contributed by atoms with Crippen molar-refractivity contribution < 1.29 is 4.79 Å². The van der Waals surface area contributed by atoms with Crippen molar-refractivity contribution in [2.75, 3.05) is 0 Å². The second kappa shape index (κ2) is 7.27. The van der Waals surface area contributed by atoms with Crippen molar-refractivity contribution in [3.05, 3.63) is 65.7 Å². The number of hydrazine groups is 1. The second-order valence-corrected chi connectivity index (χ2v) is 6.61. The average molecular weight is 311 g/mol. The molecule has 1 aromatic heterocycles. The van der Waals surface area contributed by atoms with Crippen LogP contribution in [0.5, 0.6) is 0 Å². The van der Waals surface area contributed by atoms with E-state index in [4.69, 9.17) is 0 Å². The van der Waals surface area contributed by atoms with Crippen LogP contribution in [0.1, 0.15) is 50.4 Å². The zero-order valence-corrected chi connectivity index (χ0v) is 14.1. The lowest BCUT2D eigenvalue weighted by atomic mass is 9.72. The molecule has 0 aliphatic heterocycles. The molecule has 1 amide bonds. The number of pyridine rings is 1. The summed E-state index contributed by atoms with van der Waals surface area (Å²) in [4.78, 5) is 15.8. The van der Waals surface area contributed by atoms with Crippen molar-refractivity contribution in [1.82, 2.24) is 15.8 Å². The number of nitrogens with zero attached hydrogens (tertiary/aromatic N) is 1. The molecule has 2 N–H and O–H groups in total. The molecule has 1 aliphatic carbocycles. The summed E-state index contributed by atoms with van der Waals surface area (Å²) in [6.45, 7) is 10.7. The fourth-order valence-corrected chi connectivity index (χ4v) is 2.95. The Morgan fingerprint density at radius 1 is 1.30 bits per heavy atom. The molecule has 0 spiro atoms. The molecule has 1 aromatic rings. The van der Waals surface area contributed by atoms with E-state index in [0.29, 0.717) is 11.3 Å². The topological polar surface area (TPSA) is 54.0 Å². The molecule has 1 heterocycles. The number of amides is 1. The number of nitrogens with one attached hydrogen (secondary N) is 2. The number of allylic oxidation sites excluding steroid dienone is 4. The Morgan fingerprint density at radius 2 is 2.00 bits per heavy atom. The van der Waals surface area contributed by atoms with E-state index >= 15 is 0 Å². The minimum atomic E-state index is -0.213. The number of aromatic nitrogens is 1. The van der Waals surface area contributed by atoms with E-state index in [1.54, 1.807) is 24.5 Å². The first kappa shape index (κ1) is 17.0. The van der Waals surface area contributed by atoms with Crippen LogP contribution in [0.25, 0.3) is 0 Å². The van der Waals surface area contributed by atoms with E-state index in [1.165, 1.54) is 24.0 Å². The normalized spacial score (nSPS) is 17.2. The first-order valence-corrected chi connectivity index (χ1v) is 7.94. The molecule has 1 aliphatic rings. The van der Waals surface area contributed by atoms with Gasteiger partial charge in [0.2, 0.25) is 0 Å². The molecule has 0 atom stereocenters. The lowest BCUT2D eigenvalue weighted by Crippen LogP contribution is -2.36. The smallest absolute Gasteiger partial charge is 0.269 e. The quantitative estimate of drug-likeness (QED) is 0.640. The van der Waals surface area contributed by atoms with Gasteiger partial charge >= 0.3 is 0 Å². The summed E-state index contributed by atoms with van der Waals surface area (Å²) in [5.74, 6) is -0.213. The second-order valence-electron chi connectivity index (χ2n) is 6.61. The Bertz CT molecular complexity index is 642. The van der Waals surface area contributed by atoms with Gasteiger partial charge in [-0.3, -0.25) is 20.6 Å². The third kappa shape index (κ3) is 4.55. The summed E-state index contributed by atoms with van der Waals surface area (Å²) in [6.07, 6.45) is 10.8. The Morgan fingerprint density at radius 3 is 2.65 bits per heavy atom. The number of hydrogen-bond acceptors (Lipinski definition) is 3. The van der Waals surface area contributed by atoms with Crippen molar-refractivity contribution in [1.29, 1.82) is 0 Å². The lowest BCUT2D eigenvalue weighted by molar-refractivity contribution is 0.0939. The maximum atomic E-state index is 11.9. The number of rotatable bonds is 5. The summed E-state index contributed by atoms with van der Waals surface area (Å²) < 4.78 is 0. The summed E-state index contributed by atoms with van der Waals surface area (Å²) in [7, 11) is 0. The highest BCUT2D eigenvalue weighted by Crippen LogP contribution is 2.40. The van der Waals surface area contributed by atoms with Crippen LogP contribution in [0.4, 0.5) is 0 Å². The third-order valence-corrected chi connectivity index (χ3v) is 4.27. The molecule has 0 radical (unpaired) electrons. The maximum Gasteiger partial charge on any atom is 0.269 e. The van der Waals surface area contributed by atoms with Gasteiger partial charge in [-0.1, -0.05) is 32.1 Å². The maximum absolute atomic E-state index is 11.9. The van der Waals surface area contributed by atoms with Crippen molar-refractivity contribution >= 4 is 5.91 Å². The van der Waals surface area contributed by atoms with E-state index in [2.05, 4.69) is 49.3 Å². The van der Waals surface area contributed by atoms with E-state index in [0.717, 1.165) is 6.42 Å². The predicted molar refractivity (Wildman–Crippen MR) is 93.5 cm³/mol. The molecule has 0 aromatic carbocycles. The zero-order valence-electron chi connectivity index (χ0n) is 14.1. The molecule has 0 saturated heterocycles. The molecule has 23 heavy (non-hydrogen) atoms. The monoisotopic (exact) mass is 311 g/mol. The van der Waals surface area contributed by atoms with E-state index in [-0.39, 0.29) is 11.3 Å². The molecular formula is C19H25N3O. The van der Waals surface area contributed by atoms with Crippen molar-refractivity contribution in [2.45, 2.75) is 40.0 Å². The van der Waals surface area contributed by atoms with Crippen LogP contribution in [-0.4, -0.2) is 10.9 Å². The Balaban J connectivity index is 1.93. The van der Waals surface area contributed by atoms with Gasteiger partial charge < -0.3 is 0 Å². The minimum absolute atomic E-state index is 0.194. The number of hydrogen-bond donors (Lipinski definition) is 2. The largest absolute Gasteiger partial charge is 0.299 e. The van der Waals surface area contributed by atoms with Gasteiger partial charge in [0, 0.05) is 23.7 Å². The Labute approximate surface area is 138 Å². The Hall–Kier alpha value is -2.36. The van der Waals surface area contributed by atoms with E-state index < -0.39 is 0 Å². The lowest BCUT2D eigenvalue weighted by Gasteiger charge is -2.33. The fraction of sp³-hybridized carbons (Fsp3) is 0.368. The number of carbonyl (C=O) groups excluding carboxylic acids is 1. The molecule has 0 bridgehead atoms. The van der Waals surface area contributed by atoms with Crippen LogP contribution in [0, 0.1) is 5.41 Å². The average Bonchev–Trinajstić information content (AvgIpc) is 2.52. The van der Waals surface area contributed by atoms with E-state index in [9.17, 15) is 4.79 Å². The van der Waals surface area contributed by atoms with Gasteiger partial charge in [-0.2, -0.15) is 0 Å². The molecule has 122 valence electrons.